The van der Waals surface area contributed by atoms with E-state index in [0.717, 1.165) is 62.3 Å². The number of carbonyl (C=O) groups excluding carboxylic acids is 2. The Bertz CT molecular complexity index is 2140. The maximum atomic E-state index is 15.0. The molecule has 3 aliphatic rings. The largest absolute Gasteiger partial charge is 0.508 e. The van der Waals surface area contributed by atoms with Crippen molar-refractivity contribution in [1.29, 1.82) is 0 Å². The van der Waals surface area contributed by atoms with Crippen molar-refractivity contribution in [3.05, 3.63) is 130 Å². The summed E-state index contributed by atoms with van der Waals surface area (Å²) in [5, 5.41) is 10.6. The molecule has 1 fully saturated rings. The van der Waals surface area contributed by atoms with Gasteiger partial charge in [-0.05, 0) is 97.5 Å². The van der Waals surface area contributed by atoms with Crippen molar-refractivity contribution in [3.63, 3.8) is 0 Å². The zero-order valence-electron chi connectivity index (χ0n) is 29.8. The van der Waals surface area contributed by atoms with Crippen LogP contribution >= 0.6 is 11.6 Å². The lowest BCUT2D eigenvalue weighted by atomic mass is 9.92. The number of carbonyl (C=O) groups is 2. The number of methoxy groups -OCH3 is 1. The van der Waals surface area contributed by atoms with Crippen LogP contribution in [0.3, 0.4) is 0 Å². The van der Waals surface area contributed by atoms with Gasteiger partial charge in [-0.15, -0.1) is 0 Å². The van der Waals surface area contributed by atoms with Gasteiger partial charge in [-0.25, -0.2) is 0 Å². The molecule has 4 heterocycles. The van der Waals surface area contributed by atoms with Crippen LogP contribution in [0.1, 0.15) is 50.4 Å². The maximum absolute atomic E-state index is 15.0. The zero-order valence-corrected chi connectivity index (χ0v) is 30.6. The quantitative estimate of drug-likeness (QED) is 0.176. The summed E-state index contributed by atoms with van der Waals surface area (Å²) >= 11 is 6.73. The molecule has 0 saturated carbocycles. The van der Waals surface area contributed by atoms with Crippen molar-refractivity contribution in [3.8, 4) is 22.8 Å². The van der Waals surface area contributed by atoms with E-state index in [-0.39, 0.29) is 23.6 Å². The van der Waals surface area contributed by atoms with Gasteiger partial charge in [-0.2, -0.15) is 0 Å². The van der Waals surface area contributed by atoms with Crippen LogP contribution in [0.15, 0.2) is 97.1 Å². The Morgan fingerprint density at radius 1 is 0.868 bits per heavy atom. The molecule has 0 radical (unpaired) electrons. The minimum atomic E-state index is -0.214. The SMILES string of the molecule is COc1cccc(N(C(=O)c2cc(-c3cc(Cl)ccc3C(=O)N3Cc4ccccc4C[C@H]3CN3CCOCC3)n3c2CCCC3)c2ccc(O)cc2)c1. The molecule has 1 aromatic heterocycles. The normalized spacial score (nSPS) is 17.2. The molecule has 1 N–H and O–H groups in total. The number of nitrogens with zero attached hydrogens (tertiary/aromatic N) is 4. The first-order chi connectivity index (χ1) is 25.9. The van der Waals surface area contributed by atoms with Gasteiger partial charge in [-0.3, -0.25) is 19.4 Å². The van der Waals surface area contributed by atoms with Gasteiger partial charge in [0, 0.05) is 78.1 Å². The number of rotatable bonds is 8. The van der Waals surface area contributed by atoms with E-state index in [1.54, 1.807) is 42.3 Å². The summed E-state index contributed by atoms with van der Waals surface area (Å²) in [7, 11) is 1.60. The van der Waals surface area contributed by atoms with Gasteiger partial charge < -0.3 is 24.0 Å². The number of hydrogen-bond acceptors (Lipinski definition) is 6. The van der Waals surface area contributed by atoms with E-state index in [2.05, 4.69) is 27.7 Å². The topological polar surface area (TPSA) is 87.5 Å². The van der Waals surface area contributed by atoms with Crippen LogP contribution in [0.25, 0.3) is 11.3 Å². The van der Waals surface area contributed by atoms with Gasteiger partial charge in [0.05, 0.1) is 31.6 Å². The van der Waals surface area contributed by atoms with Crippen LogP contribution in [0.4, 0.5) is 11.4 Å². The molecule has 0 aliphatic carbocycles. The maximum Gasteiger partial charge on any atom is 0.264 e. The van der Waals surface area contributed by atoms with E-state index in [1.807, 2.05) is 53.4 Å². The molecule has 5 aromatic rings. The van der Waals surface area contributed by atoms with Gasteiger partial charge in [0.1, 0.15) is 11.5 Å². The Morgan fingerprint density at radius 2 is 1.66 bits per heavy atom. The number of morpholine rings is 1. The summed E-state index contributed by atoms with van der Waals surface area (Å²) in [6.45, 7) is 5.08. The highest BCUT2D eigenvalue weighted by Crippen LogP contribution is 2.39. The molecular weight excluding hydrogens is 688 g/mol. The van der Waals surface area contributed by atoms with Crippen molar-refractivity contribution in [2.45, 2.75) is 44.8 Å². The molecule has 8 rings (SSSR count). The summed E-state index contributed by atoms with van der Waals surface area (Å²) in [5.41, 5.74) is 7.25. The Hall–Kier alpha value is -5.09. The van der Waals surface area contributed by atoms with E-state index >= 15 is 0 Å². The third kappa shape index (κ3) is 7.04. The van der Waals surface area contributed by atoms with Crippen molar-refractivity contribution in [2.75, 3.05) is 44.9 Å². The monoisotopic (exact) mass is 730 g/mol. The number of aromatic hydroxyl groups is 1. The van der Waals surface area contributed by atoms with E-state index in [9.17, 15) is 14.7 Å². The number of benzene rings is 4. The molecular formula is C43H43ClN4O5. The molecule has 3 aliphatic heterocycles. The van der Waals surface area contributed by atoms with Crippen LogP contribution in [-0.4, -0.2) is 77.3 Å². The molecule has 0 spiro atoms. The summed E-state index contributed by atoms with van der Waals surface area (Å²) in [5.74, 6) is 0.464. The first-order valence-electron chi connectivity index (χ1n) is 18.4. The third-order valence-electron chi connectivity index (χ3n) is 10.8. The highest BCUT2D eigenvalue weighted by molar-refractivity contribution is 6.31. The molecule has 272 valence electrons. The average molecular weight is 731 g/mol. The van der Waals surface area contributed by atoms with Crippen LogP contribution < -0.4 is 9.64 Å². The van der Waals surface area contributed by atoms with Crippen LogP contribution in [0.2, 0.25) is 5.02 Å². The second-order valence-corrected chi connectivity index (χ2v) is 14.5. The van der Waals surface area contributed by atoms with Crippen LogP contribution in [0.5, 0.6) is 11.5 Å². The number of phenols is 1. The van der Waals surface area contributed by atoms with E-state index in [1.165, 1.54) is 5.56 Å². The predicted molar refractivity (Wildman–Crippen MR) is 206 cm³/mol. The van der Waals surface area contributed by atoms with Gasteiger partial charge in [0.2, 0.25) is 0 Å². The van der Waals surface area contributed by atoms with Crippen molar-refractivity contribution in [2.24, 2.45) is 0 Å². The Balaban J connectivity index is 1.21. The Labute approximate surface area is 314 Å². The highest BCUT2D eigenvalue weighted by atomic mass is 35.5. The number of amides is 2. The summed E-state index contributed by atoms with van der Waals surface area (Å²) < 4.78 is 13.4. The van der Waals surface area contributed by atoms with E-state index in [4.69, 9.17) is 21.1 Å². The van der Waals surface area contributed by atoms with Crippen molar-refractivity contribution < 1.29 is 24.2 Å². The third-order valence-corrected chi connectivity index (χ3v) is 11.0. The highest BCUT2D eigenvalue weighted by Gasteiger charge is 2.35. The molecule has 4 aromatic carbocycles. The van der Waals surface area contributed by atoms with Crippen molar-refractivity contribution >= 4 is 34.8 Å². The summed E-state index contributed by atoms with van der Waals surface area (Å²) in [6, 6.07) is 29.8. The Morgan fingerprint density at radius 3 is 2.45 bits per heavy atom. The number of aromatic nitrogens is 1. The number of anilines is 2. The molecule has 0 unspecified atom stereocenters. The van der Waals surface area contributed by atoms with Gasteiger partial charge >= 0.3 is 0 Å². The van der Waals surface area contributed by atoms with E-state index in [0.29, 0.717) is 65.1 Å². The van der Waals surface area contributed by atoms with Gasteiger partial charge in [0.25, 0.3) is 11.8 Å². The first-order valence-corrected chi connectivity index (χ1v) is 18.7. The predicted octanol–water partition coefficient (Wildman–Crippen LogP) is 7.74. The lowest BCUT2D eigenvalue weighted by molar-refractivity contribution is 0.0193. The lowest BCUT2D eigenvalue weighted by Crippen LogP contribution is -2.52. The molecule has 2 amide bonds. The number of halogens is 1. The van der Waals surface area contributed by atoms with Crippen LogP contribution in [0, 0.1) is 0 Å². The summed E-state index contributed by atoms with van der Waals surface area (Å²) in [6.07, 6.45) is 3.39. The molecule has 0 bridgehead atoms. The summed E-state index contributed by atoms with van der Waals surface area (Å²) in [4.78, 5) is 36.0. The second-order valence-electron chi connectivity index (χ2n) is 14.0. The van der Waals surface area contributed by atoms with E-state index < -0.39 is 0 Å². The fourth-order valence-electron chi connectivity index (χ4n) is 8.08. The molecule has 10 heteroatoms. The average Bonchev–Trinajstić information content (AvgIpc) is 3.58. The van der Waals surface area contributed by atoms with Gasteiger partial charge in [0.15, 0.2) is 0 Å². The zero-order chi connectivity index (χ0) is 36.5. The fraction of sp³-hybridized carbons (Fsp3) is 0.302. The standard InChI is InChI=1S/C43H43ClN4O5/c1-52-36-10-6-9-33(25-36)48(32-13-15-35(49)16-14-32)43(51)39-26-41(46-18-5-4-11-40(39)46)38-24-31(44)12-17-37(38)42(50)47-27-30-8-3-2-7-29(30)23-34(47)28-45-19-21-53-22-20-45/h2-3,6-10,12-17,24-26,34,49H,4-5,11,18-23,27-28H2,1H3/t34-/m0/s1. The molecule has 1 atom stereocenters. The van der Waals surface area contributed by atoms with Crippen molar-refractivity contribution in [1.82, 2.24) is 14.4 Å². The number of phenolic OH excluding ortho intramolecular Hbond substituents is 1. The number of fused-ring (bicyclic) bond motifs is 2. The minimum absolute atomic E-state index is 0.0147. The lowest BCUT2D eigenvalue weighted by Gasteiger charge is -2.40. The smallest absolute Gasteiger partial charge is 0.264 e. The first kappa shape index (κ1) is 35.0. The molecule has 53 heavy (non-hydrogen) atoms. The van der Waals surface area contributed by atoms with Gasteiger partial charge in [-0.1, -0.05) is 41.9 Å². The Kier molecular flexibility index (Phi) is 9.96. The number of hydrogen-bond donors (Lipinski definition) is 1. The van der Waals surface area contributed by atoms with Crippen LogP contribution in [-0.2, 0) is 30.7 Å². The number of ether oxygens (including phenoxy) is 2. The molecule has 9 nitrogen and oxygen atoms in total. The second kappa shape index (κ2) is 15.1. The molecule has 1 saturated heterocycles. The minimum Gasteiger partial charge on any atom is -0.508 e. The fourth-order valence-corrected chi connectivity index (χ4v) is 8.25.